The van der Waals surface area contributed by atoms with Gasteiger partial charge in [-0.3, -0.25) is 14.8 Å². The molecule has 9 heteroatoms. The van der Waals surface area contributed by atoms with Crippen LogP contribution in [-0.2, 0) is 32.2 Å². The van der Waals surface area contributed by atoms with Crippen molar-refractivity contribution in [3.05, 3.63) is 95.1 Å². The molecule has 0 saturated carbocycles. The van der Waals surface area contributed by atoms with Crippen molar-refractivity contribution >= 4 is 11.8 Å². The maximum atomic E-state index is 12.7. The Balaban J connectivity index is 1.42. The number of hydroxylamine groups is 1. The van der Waals surface area contributed by atoms with Crippen LogP contribution in [0.4, 0.5) is 0 Å². The van der Waals surface area contributed by atoms with E-state index in [2.05, 4.69) is 72.6 Å². The van der Waals surface area contributed by atoms with Gasteiger partial charge in [0.15, 0.2) is 6.29 Å². The smallest absolute Gasteiger partial charge is 0.243 e. The van der Waals surface area contributed by atoms with E-state index in [1.54, 1.807) is 5.48 Å². The van der Waals surface area contributed by atoms with Crippen LogP contribution >= 0.6 is 0 Å². The lowest BCUT2D eigenvalue weighted by Crippen LogP contribution is -2.40. The monoisotopic (exact) mass is 800 g/mol. The number of carbonyl (C=O) groups is 2. The zero-order valence-corrected chi connectivity index (χ0v) is 35.6. The average Bonchev–Trinajstić information content (AvgIpc) is 3.26. The largest absolute Gasteiger partial charge is 0.392 e. The number of aliphatic hydroxyl groups is 1. The number of nitrogens with zero attached hydrogens (tertiary/aromatic N) is 1. The summed E-state index contributed by atoms with van der Waals surface area (Å²) in [6.45, 7) is 8.09. The lowest BCUT2D eigenvalue weighted by Gasteiger charge is -2.38. The number of rotatable bonds is 29. The van der Waals surface area contributed by atoms with Crippen LogP contribution in [0.25, 0.3) is 11.1 Å². The molecule has 4 rings (SSSR count). The topological polar surface area (TPSA) is 120 Å². The van der Waals surface area contributed by atoms with Crippen molar-refractivity contribution in [3.8, 4) is 11.1 Å². The highest BCUT2D eigenvalue weighted by Crippen LogP contribution is 2.39. The van der Waals surface area contributed by atoms with Gasteiger partial charge in [-0.1, -0.05) is 164 Å². The van der Waals surface area contributed by atoms with Crippen LogP contribution in [0.3, 0.4) is 0 Å². The standard InChI is InChI=1S/C49H73N3O6/c1-3-5-7-9-13-19-33-52(34-20-14-10-8-6-4-2)37-44-35-46(41-27-25-39(38-53)26-28-41)58-49(57-44)42-31-29-40(30-32-42)45-22-18-17-21-43(45)36-50-47(54)23-15-11-12-16-24-48(55)51-56/h17-18,21-22,25-32,44,46,49,53,56H,3-16,19-20,23-24,33-38H2,1-2H3,(H,50,54)(H,51,55). The van der Waals surface area contributed by atoms with E-state index < -0.39 is 6.29 Å². The number of ether oxygens (including phenoxy) is 2. The molecule has 0 bridgehead atoms. The molecule has 0 aromatic heterocycles. The summed E-state index contributed by atoms with van der Waals surface area (Å²) in [7, 11) is 0. The van der Waals surface area contributed by atoms with E-state index in [1.807, 2.05) is 24.3 Å². The van der Waals surface area contributed by atoms with Crippen LogP contribution in [0.2, 0.25) is 0 Å². The van der Waals surface area contributed by atoms with Gasteiger partial charge in [0.05, 0.1) is 18.8 Å². The van der Waals surface area contributed by atoms with Gasteiger partial charge in [0, 0.05) is 37.9 Å². The SMILES string of the molecule is CCCCCCCCN(CCCCCCCC)CC1CC(c2ccc(CO)cc2)OC(c2ccc(-c3ccccc3CNC(=O)CCCCCCC(=O)NO)cc2)O1. The minimum atomic E-state index is -0.512. The molecule has 3 aromatic rings. The quantitative estimate of drug-likeness (QED) is 0.0313. The highest BCUT2D eigenvalue weighted by atomic mass is 16.7. The van der Waals surface area contributed by atoms with E-state index in [9.17, 15) is 14.7 Å². The number of aliphatic hydroxyl groups excluding tert-OH is 1. The fraction of sp³-hybridized carbons (Fsp3) is 0.592. The molecular formula is C49H73N3O6. The van der Waals surface area contributed by atoms with Crippen LogP contribution < -0.4 is 10.8 Å². The zero-order chi connectivity index (χ0) is 41.2. The fourth-order valence-corrected chi connectivity index (χ4v) is 7.89. The van der Waals surface area contributed by atoms with Crippen LogP contribution in [0.15, 0.2) is 72.8 Å². The van der Waals surface area contributed by atoms with Gasteiger partial charge in [-0.05, 0) is 66.6 Å². The summed E-state index contributed by atoms with van der Waals surface area (Å²) in [6, 6.07) is 24.8. The first-order valence-corrected chi connectivity index (χ1v) is 22.5. The highest BCUT2D eigenvalue weighted by molar-refractivity contribution is 5.76. The van der Waals surface area contributed by atoms with E-state index in [-0.39, 0.29) is 30.6 Å². The van der Waals surface area contributed by atoms with Gasteiger partial charge in [-0.2, -0.15) is 0 Å². The number of carbonyl (C=O) groups excluding carboxylic acids is 2. The lowest BCUT2D eigenvalue weighted by molar-refractivity contribution is -0.253. The molecule has 1 aliphatic heterocycles. The maximum Gasteiger partial charge on any atom is 0.243 e. The third-order valence-corrected chi connectivity index (χ3v) is 11.4. The molecule has 1 saturated heterocycles. The molecule has 58 heavy (non-hydrogen) atoms. The third kappa shape index (κ3) is 17.3. The van der Waals surface area contributed by atoms with E-state index in [0.29, 0.717) is 25.8 Å². The Hall–Kier alpha value is -3.60. The van der Waals surface area contributed by atoms with E-state index >= 15 is 0 Å². The molecule has 320 valence electrons. The molecule has 3 aromatic carbocycles. The normalized spacial score (nSPS) is 16.7. The van der Waals surface area contributed by atoms with Crippen LogP contribution in [0.5, 0.6) is 0 Å². The predicted molar refractivity (Wildman–Crippen MR) is 233 cm³/mol. The number of amides is 2. The first-order chi connectivity index (χ1) is 28.4. The van der Waals surface area contributed by atoms with Gasteiger partial charge >= 0.3 is 0 Å². The Morgan fingerprint density at radius 1 is 0.672 bits per heavy atom. The van der Waals surface area contributed by atoms with Crippen LogP contribution in [0.1, 0.15) is 170 Å². The molecule has 0 aliphatic carbocycles. The minimum Gasteiger partial charge on any atom is -0.392 e. The fourth-order valence-electron chi connectivity index (χ4n) is 7.89. The molecular weight excluding hydrogens is 727 g/mol. The molecule has 3 unspecified atom stereocenters. The maximum absolute atomic E-state index is 12.7. The van der Waals surface area contributed by atoms with E-state index in [1.165, 1.54) is 77.0 Å². The molecule has 1 aliphatic rings. The highest BCUT2D eigenvalue weighted by Gasteiger charge is 2.33. The Morgan fingerprint density at radius 3 is 1.86 bits per heavy atom. The Labute approximate surface area is 349 Å². The van der Waals surface area contributed by atoms with Gasteiger partial charge in [0.1, 0.15) is 0 Å². The average molecular weight is 800 g/mol. The number of hydrogen-bond donors (Lipinski definition) is 4. The second-order valence-corrected chi connectivity index (χ2v) is 16.2. The Kier molecular flexibility index (Phi) is 22.7. The van der Waals surface area contributed by atoms with Crippen LogP contribution in [0, 0.1) is 0 Å². The van der Waals surface area contributed by atoms with Crippen molar-refractivity contribution in [2.75, 3.05) is 19.6 Å². The molecule has 1 fully saturated rings. The molecule has 0 radical (unpaired) electrons. The van der Waals surface area contributed by atoms with Crippen LogP contribution in [-0.4, -0.2) is 52.8 Å². The van der Waals surface area contributed by atoms with E-state index in [0.717, 1.165) is 78.7 Å². The molecule has 3 atom stereocenters. The van der Waals surface area contributed by atoms with Crippen molar-refractivity contribution in [3.63, 3.8) is 0 Å². The Morgan fingerprint density at radius 2 is 1.24 bits per heavy atom. The molecule has 9 nitrogen and oxygen atoms in total. The van der Waals surface area contributed by atoms with Crippen molar-refractivity contribution < 1.29 is 29.4 Å². The number of unbranched alkanes of at least 4 members (excludes halogenated alkanes) is 13. The predicted octanol–water partition coefficient (Wildman–Crippen LogP) is 10.9. The molecule has 1 heterocycles. The Bertz CT molecular complexity index is 1550. The van der Waals surface area contributed by atoms with Crippen molar-refractivity contribution in [1.29, 1.82) is 0 Å². The van der Waals surface area contributed by atoms with Gasteiger partial charge in [-0.25, -0.2) is 5.48 Å². The van der Waals surface area contributed by atoms with Gasteiger partial charge < -0.3 is 24.8 Å². The summed E-state index contributed by atoms with van der Waals surface area (Å²) >= 11 is 0. The van der Waals surface area contributed by atoms with Crippen molar-refractivity contribution in [1.82, 2.24) is 15.7 Å². The molecule has 4 N–H and O–H groups in total. The summed E-state index contributed by atoms with van der Waals surface area (Å²) < 4.78 is 13.6. The minimum absolute atomic E-state index is 0.0115. The molecule has 0 spiro atoms. The summed E-state index contributed by atoms with van der Waals surface area (Å²) in [5.74, 6) is -0.363. The summed E-state index contributed by atoms with van der Waals surface area (Å²) in [4.78, 5) is 26.5. The van der Waals surface area contributed by atoms with Gasteiger partial charge in [0.25, 0.3) is 0 Å². The first-order valence-electron chi connectivity index (χ1n) is 22.5. The third-order valence-electron chi connectivity index (χ3n) is 11.4. The first kappa shape index (κ1) is 47.1. The number of hydrogen-bond acceptors (Lipinski definition) is 7. The van der Waals surface area contributed by atoms with E-state index in [4.69, 9.17) is 14.7 Å². The summed E-state index contributed by atoms with van der Waals surface area (Å²) in [5.41, 5.74) is 7.81. The van der Waals surface area contributed by atoms with Gasteiger partial charge in [0.2, 0.25) is 11.8 Å². The summed E-state index contributed by atoms with van der Waals surface area (Å²) in [5, 5.41) is 21.4. The van der Waals surface area contributed by atoms with Crippen molar-refractivity contribution in [2.45, 2.75) is 167 Å². The van der Waals surface area contributed by atoms with Crippen molar-refractivity contribution in [2.24, 2.45) is 0 Å². The lowest BCUT2D eigenvalue weighted by atomic mass is 9.97. The zero-order valence-electron chi connectivity index (χ0n) is 35.6. The van der Waals surface area contributed by atoms with Gasteiger partial charge in [-0.15, -0.1) is 0 Å². The second-order valence-electron chi connectivity index (χ2n) is 16.2. The second kappa shape index (κ2) is 28.0. The number of benzene rings is 3. The summed E-state index contributed by atoms with van der Waals surface area (Å²) in [6.07, 6.45) is 19.5. The molecule has 2 amide bonds. The number of nitrogens with one attached hydrogen (secondary N) is 2.